The highest BCUT2D eigenvalue weighted by molar-refractivity contribution is 7.09. The van der Waals surface area contributed by atoms with Crippen LogP contribution in [0.1, 0.15) is 17.1 Å². The van der Waals surface area contributed by atoms with Gasteiger partial charge >= 0.3 is 5.97 Å². The fourth-order valence-electron chi connectivity index (χ4n) is 1.89. The van der Waals surface area contributed by atoms with Crippen molar-refractivity contribution in [1.82, 2.24) is 9.88 Å². The predicted molar refractivity (Wildman–Crippen MR) is 57.9 cm³/mol. The summed E-state index contributed by atoms with van der Waals surface area (Å²) < 4.78 is 0. The lowest BCUT2D eigenvalue weighted by Crippen LogP contribution is -2.22. The van der Waals surface area contributed by atoms with Gasteiger partial charge in [-0.2, -0.15) is 0 Å². The Hall–Kier alpha value is -0.940. The number of carbonyl (C=O) groups is 1. The zero-order chi connectivity index (χ0) is 10.8. The van der Waals surface area contributed by atoms with Crippen LogP contribution in [-0.4, -0.2) is 34.0 Å². The van der Waals surface area contributed by atoms with Crippen LogP contribution in [-0.2, 0) is 11.3 Å². The first-order valence-electron chi connectivity index (χ1n) is 5.01. The molecule has 0 spiro atoms. The minimum Gasteiger partial charge on any atom is -0.481 e. The van der Waals surface area contributed by atoms with Crippen LogP contribution in [0.15, 0.2) is 5.38 Å². The Morgan fingerprint density at radius 3 is 3.13 bits per heavy atom. The van der Waals surface area contributed by atoms with Crippen LogP contribution in [0.3, 0.4) is 0 Å². The van der Waals surface area contributed by atoms with E-state index in [1.165, 1.54) is 0 Å². The molecule has 0 bridgehead atoms. The van der Waals surface area contributed by atoms with Crippen molar-refractivity contribution in [2.75, 3.05) is 13.1 Å². The molecule has 2 rings (SSSR count). The Morgan fingerprint density at radius 2 is 2.60 bits per heavy atom. The van der Waals surface area contributed by atoms with Crippen LogP contribution in [0, 0.1) is 12.8 Å². The molecule has 82 valence electrons. The van der Waals surface area contributed by atoms with Crippen molar-refractivity contribution >= 4 is 17.3 Å². The highest BCUT2D eigenvalue weighted by Crippen LogP contribution is 2.19. The van der Waals surface area contributed by atoms with E-state index in [-0.39, 0.29) is 5.92 Å². The fraction of sp³-hybridized carbons (Fsp3) is 0.600. The summed E-state index contributed by atoms with van der Waals surface area (Å²) in [5.41, 5.74) is 1.06. The van der Waals surface area contributed by atoms with Crippen LogP contribution in [0.25, 0.3) is 0 Å². The molecular formula is C10H14N2O2S. The molecule has 0 aliphatic carbocycles. The molecule has 2 heterocycles. The summed E-state index contributed by atoms with van der Waals surface area (Å²) in [6.45, 7) is 4.30. The van der Waals surface area contributed by atoms with Gasteiger partial charge in [0.1, 0.15) is 0 Å². The van der Waals surface area contributed by atoms with E-state index in [0.717, 1.165) is 30.2 Å². The quantitative estimate of drug-likeness (QED) is 0.845. The fourth-order valence-corrected chi connectivity index (χ4v) is 2.49. The van der Waals surface area contributed by atoms with Crippen LogP contribution in [0.2, 0.25) is 0 Å². The van der Waals surface area contributed by atoms with Gasteiger partial charge < -0.3 is 5.11 Å². The lowest BCUT2D eigenvalue weighted by Gasteiger charge is -2.12. The normalized spacial score (nSPS) is 22.1. The van der Waals surface area contributed by atoms with E-state index < -0.39 is 5.97 Å². The Bertz CT molecular complexity index is 364. The SMILES string of the molecule is Cc1nc(CN2CCC(C(=O)O)C2)cs1. The standard InChI is InChI=1S/C10H14N2O2S/c1-7-11-9(6-15-7)5-12-3-2-8(4-12)10(13)14/h6,8H,2-5H2,1H3,(H,13,14). The van der Waals surface area contributed by atoms with Crippen molar-refractivity contribution < 1.29 is 9.90 Å². The Balaban J connectivity index is 1.90. The number of thiazole rings is 1. The Kier molecular flexibility index (Phi) is 3.02. The number of aromatic nitrogens is 1. The minimum absolute atomic E-state index is 0.190. The van der Waals surface area contributed by atoms with E-state index in [0.29, 0.717) is 6.54 Å². The third-order valence-corrected chi connectivity index (χ3v) is 3.50. The molecule has 4 nitrogen and oxygen atoms in total. The van der Waals surface area contributed by atoms with Crippen molar-refractivity contribution in [1.29, 1.82) is 0 Å². The maximum absolute atomic E-state index is 10.8. The summed E-state index contributed by atoms with van der Waals surface area (Å²) in [7, 11) is 0. The van der Waals surface area contributed by atoms with E-state index in [2.05, 4.69) is 9.88 Å². The minimum atomic E-state index is -0.674. The average molecular weight is 226 g/mol. The molecule has 1 aromatic rings. The van der Waals surface area contributed by atoms with E-state index in [9.17, 15) is 4.79 Å². The Morgan fingerprint density at radius 1 is 1.80 bits per heavy atom. The van der Waals surface area contributed by atoms with Gasteiger partial charge in [0.25, 0.3) is 0 Å². The van der Waals surface area contributed by atoms with E-state index in [1.807, 2.05) is 12.3 Å². The summed E-state index contributed by atoms with van der Waals surface area (Å²) in [4.78, 5) is 17.3. The van der Waals surface area contributed by atoms with Gasteiger partial charge in [0.15, 0.2) is 0 Å². The van der Waals surface area contributed by atoms with Crippen LogP contribution >= 0.6 is 11.3 Å². The lowest BCUT2D eigenvalue weighted by molar-refractivity contribution is -0.141. The molecule has 1 aliphatic heterocycles. The van der Waals surface area contributed by atoms with Crippen molar-refractivity contribution in [3.05, 3.63) is 16.1 Å². The van der Waals surface area contributed by atoms with Gasteiger partial charge in [-0.25, -0.2) is 4.98 Å². The third kappa shape index (κ3) is 2.54. The van der Waals surface area contributed by atoms with Crippen LogP contribution < -0.4 is 0 Å². The maximum atomic E-state index is 10.8. The van der Waals surface area contributed by atoms with Crippen LogP contribution in [0.4, 0.5) is 0 Å². The zero-order valence-corrected chi connectivity index (χ0v) is 9.46. The molecule has 1 unspecified atom stereocenters. The molecule has 15 heavy (non-hydrogen) atoms. The lowest BCUT2D eigenvalue weighted by atomic mass is 10.1. The largest absolute Gasteiger partial charge is 0.481 e. The maximum Gasteiger partial charge on any atom is 0.307 e. The number of carboxylic acid groups (broad SMARTS) is 1. The summed E-state index contributed by atoms with van der Waals surface area (Å²) in [5, 5.41) is 12.0. The summed E-state index contributed by atoms with van der Waals surface area (Å²) in [6.07, 6.45) is 0.762. The number of carboxylic acids is 1. The van der Waals surface area contributed by atoms with Gasteiger partial charge in [-0.1, -0.05) is 0 Å². The second-order valence-corrected chi connectivity index (χ2v) is 4.98. The third-order valence-electron chi connectivity index (χ3n) is 2.67. The van der Waals surface area contributed by atoms with Gasteiger partial charge in [-0.05, 0) is 19.9 Å². The van der Waals surface area contributed by atoms with Gasteiger partial charge in [-0.3, -0.25) is 9.69 Å². The summed E-state index contributed by atoms with van der Waals surface area (Å²) in [5.74, 6) is -0.864. The number of hydrogen-bond acceptors (Lipinski definition) is 4. The molecule has 1 fully saturated rings. The number of rotatable bonds is 3. The van der Waals surface area contributed by atoms with Crippen molar-refractivity contribution in [3.8, 4) is 0 Å². The number of nitrogens with zero attached hydrogens (tertiary/aromatic N) is 2. The Labute approximate surface area is 92.6 Å². The molecule has 1 N–H and O–H groups in total. The number of hydrogen-bond donors (Lipinski definition) is 1. The molecule has 0 amide bonds. The van der Waals surface area contributed by atoms with Gasteiger partial charge in [0, 0.05) is 18.5 Å². The molecule has 0 radical (unpaired) electrons. The highest BCUT2D eigenvalue weighted by Gasteiger charge is 2.27. The zero-order valence-electron chi connectivity index (χ0n) is 8.64. The van der Waals surface area contributed by atoms with Gasteiger partial charge in [-0.15, -0.1) is 11.3 Å². The second kappa shape index (κ2) is 4.28. The molecule has 0 aromatic carbocycles. The molecule has 1 saturated heterocycles. The van der Waals surface area contributed by atoms with Gasteiger partial charge in [0.05, 0.1) is 16.6 Å². The van der Waals surface area contributed by atoms with E-state index >= 15 is 0 Å². The topological polar surface area (TPSA) is 53.4 Å². The molecule has 1 atom stereocenters. The number of aliphatic carboxylic acids is 1. The second-order valence-electron chi connectivity index (χ2n) is 3.92. The van der Waals surface area contributed by atoms with E-state index in [1.54, 1.807) is 11.3 Å². The number of aryl methyl sites for hydroxylation is 1. The molecule has 5 heteroatoms. The van der Waals surface area contributed by atoms with Crippen molar-refractivity contribution in [2.24, 2.45) is 5.92 Å². The van der Waals surface area contributed by atoms with Crippen molar-refractivity contribution in [3.63, 3.8) is 0 Å². The molecular weight excluding hydrogens is 212 g/mol. The van der Waals surface area contributed by atoms with Crippen molar-refractivity contribution in [2.45, 2.75) is 19.9 Å². The average Bonchev–Trinajstić information content (AvgIpc) is 2.76. The monoisotopic (exact) mass is 226 g/mol. The highest BCUT2D eigenvalue weighted by atomic mass is 32.1. The molecule has 1 aromatic heterocycles. The smallest absolute Gasteiger partial charge is 0.307 e. The predicted octanol–water partition coefficient (Wildman–Crippen LogP) is 1.36. The molecule has 0 saturated carbocycles. The number of likely N-dealkylation sites (tertiary alicyclic amines) is 1. The first-order chi connectivity index (χ1) is 7.15. The van der Waals surface area contributed by atoms with E-state index in [4.69, 9.17) is 5.11 Å². The molecule has 1 aliphatic rings. The van der Waals surface area contributed by atoms with Crippen LogP contribution in [0.5, 0.6) is 0 Å². The first-order valence-corrected chi connectivity index (χ1v) is 5.89. The first kappa shape index (κ1) is 10.6. The summed E-state index contributed by atoms with van der Waals surface area (Å²) >= 11 is 1.64. The summed E-state index contributed by atoms with van der Waals surface area (Å²) in [6, 6.07) is 0. The van der Waals surface area contributed by atoms with Gasteiger partial charge in [0.2, 0.25) is 0 Å².